The van der Waals surface area contributed by atoms with Crippen molar-refractivity contribution in [3.8, 4) is 16.2 Å². The van der Waals surface area contributed by atoms with E-state index >= 15 is 0 Å². The lowest BCUT2D eigenvalue weighted by Gasteiger charge is -2.11. The average Bonchev–Trinajstić information content (AvgIpc) is 3.55. The van der Waals surface area contributed by atoms with E-state index in [0.29, 0.717) is 4.78 Å². The van der Waals surface area contributed by atoms with E-state index in [-0.39, 0.29) is 6.10 Å². The summed E-state index contributed by atoms with van der Waals surface area (Å²) in [5.74, 6) is 0.908. The van der Waals surface area contributed by atoms with E-state index in [1.807, 2.05) is 37.3 Å². The van der Waals surface area contributed by atoms with E-state index in [4.69, 9.17) is 19.5 Å². The molecule has 0 aliphatic rings. The van der Waals surface area contributed by atoms with Gasteiger partial charge in [0.25, 0.3) is 0 Å². The van der Waals surface area contributed by atoms with Gasteiger partial charge in [0.1, 0.15) is 5.75 Å². The molecule has 0 aliphatic carbocycles. The van der Waals surface area contributed by atoms with Crippen LogP contribution in [0.1, 0.15) is 25.5 Å². The monoisotopic (exact) mass is 546 g/mol. The molecule has 1 unspecified atom stereocenters. The highest BCUT2D eigenvalue weighted by Gasteiger charge is 2.09. The first-order chi connectivity index (χ1) is 15.9. The quantitative estimate of drug-likeness (QED) is 0.275. The summed E-state index contributed by atoms with van der Waals surface area (Å²) in [6, 6.07) is 23.9. The van der Waals surface area contributed by atoms with Gasteiger partial charge in [0.05, 0.1) is 13.2 Å². The lowest BCUT2D eigenvalue weighted by molar-refractivity contribution is 0.0763. The summed E-state index contributed by atoms with van der Waals surface area (Å²) in [6.07, 6.45) is 0.187. The Morgan fingerprint density at radius 3 is 2.21 bits per heavy atom. The number of hydrogen-bond donors (Lipinski definition) is 2. The molecular formula is C25H28BBrO4S2. The van der Waals surface area contributed by atoms with Gasteiger partial charge in [0, 0.05) is 20.7 Å². The summed E-state index contributed by atoms with van der Waals surface area (Å²) in [5, 5.41) is 20.8. The fourth-order valence-corrected chi connectivity index (χ4v) is 4.50. The van der Waals surface area contributed by atoms with E-state index in [2.05, 4.69) is 58.6 Å². The van der Waals surface area contributed by atoms with Crippen molar-refractivity contribution in [3.63, 3.8) is 0 Å². The first kappa shape index (κ1) is 27.3. The zero-order valence-corrected chi connectivity index (χ0v) is 22.1. The van der Waals surface area contributed by atoms with Crippen molar-refractivity contribution in [3.05, 3.63) is 93.6 Å². The van der Waals surface area contributed by atoms with Crippen LogP contribution in [0.2, 0.25) is 0 Å². The van der Waals surface area contributed by atoms with Crippen molar-refractivity contribution in [1.82, 2.24) is 0 Å². The standard InChI is InChI=1S/C11H10OS.C10H13BrO.C4H5BO2S/c1-12-10-5-2-4-9(8-10)11-6-3-7-13-11;1-3-12-8(2)9-5-4-6-10(11)7-9;6-5(7)4-2-1-3-8-4/h2-8H,1H3;4-8H,3H2,1-2H3;1-3,6-7H. The largest absolute Gasteiger partial charge is 0.499 e. The Morgan fingerprint density at radius 2 is 1.67 bits per heavy atom. The van der Waals surface area contributed by atoms with Gasteiger partial charge >= 0.3 is 7.12 Å². The summed E-state index contributed by atoms with van der Waals surface area (Å²) in [5.41, 5.74) is 2.43. The number of rotatable bonds is 6. The molecule has 0 radical (unpaired) electrons. The molecule has 4 aromatic rings. The third kappa shape index (κ3) is 9.84. The second-order valence-corrected chi connectivity index (χ2v) is 9.59. The minimum Gasteiger partial charge on any atom is -0.497 e. The molecule has 33 heavy (non-hydrogen) atoms. The molecule has 0 saturated carbocycles. The predicted octanol–water partition coefficient (Wildman–Crippen LogP) is 6.40. The maximum atomic E-state index is 8.48. The minimum atomic E-state index is -1.30. The number of ether oxygens (including phenoxy) is 2. The van der Waals surface area contributed by atoms with Crippen LogP contribution in [0, 0.1) is 0 Å². The van der Waals surface area contributed by atoms with Crippen molar-refractivity contribution in [2.45, 2.75) is 20.0 Å². The highest BCUT2D eigenvalue weighted by atomic mass is 79.9. The predicted molar refractivity (Wildman–Crippen MR) is 145 cm³/mol. The molecule has 0 bridgehead atoms. The Bertz CT molecular complexity index is 1040. The fraction of sp³-hybridized carbons (Fsp3) is 0.200. The lowest BCUT2D eigenvalue weighted by atomic mass is 9.90. The molecule has 0 amide bonds. The molecule has 2 aromatic carbocycles. The molecule has 4 rings (SSSR count). The number of methoxy groups -OCH3 is 1. The van der Waals surface area contributed by atoms with Crippen LogP contribution in [0.3, 0.4) is 0 Å². The summed E-state index contributed by atoms with van der Waals surface area (Å²) in [4.78, 5) is 1.28. The number of thiophene rings is 2. The molecule has 1 atom stereocenters. The first-order valence-electron chi connectivity index (χ1n) is 10.4. The Hall–Kier alpha value is -1.94. The summed E-state index contributed by atoms with van der Waals surface area (Å²) < 4.78 is 12.3. The summed E-state index contributed by atoms with van der Waals surface area (Å²) in [7, 11) is 0.392. The number of hydrogen-bond acceptors (Lipinski definition) is 6. The van der Waals surface area contributed by atoms with Gasteiger partial charge in [-0.15, -0.1) is 11.3 Å². The Morgan fingerprint density at radius 1 is 0.939 bits per heavy atom. The molecular weight excluding hydrogens is 519 g/mol. The van der Waals surface area contributed by atoms with Gasteiger partial charge in [-0.05, 0) is 66.1 Å². The van der Waals surface area contributed by atoms with Crippen molar-refractivity contribution in [2.24, 2.45) is 0 Å². The normalized spacial score (nSPS) is 10.8. The molecule has 0 fully saturated rings. The zero-order chi connectivity index (χ0) is 24.1. The molecule has 0 spiro atoms. The van der Waals surface area contributed by atoms with Crippen molar-refractivity contribution < 1.29 is 19.5 Å². The number of benzene rings is 2. The van der Waals surface area contributed by atoms with Gasteiger partial charge in [-0.1, -0.05) is 58.4 Å². The SMILES string of the molecule is CCOC(C)c1cccc(Br)c1.COc1cccc(-c2cccs2)c1.OB(O)c1cccs1. The molecule has 8 heteroatoms. The first-order valence-corrected chi connectivity index (χ1v) is 12.9. The van der Waals surface area contributed by atoms with Crippen molar-refractivity contribution >= 4 is 50.5 Å². The highest BCUT2D eigenvalue weighted by molar-refractivity contribution is 9.10. The van der Waals surface area contributed by atoms with Crippen LogP contribution in [-0.2, 0) is 4.74 Å². The van der Waals surface area contributed by atoms with Crippen LogP contribution < -0.4 is 9.51 Å². The fourth-order valence-electron chi connectivity index (χ4n) is 2.76. The Balaban J connectivity index is 0.000000180. The summed E-state index contributed by atoms with van der Waals surface area (Å²) in [6.45, 7) is 4.83. The maximum Gasteiger partial charge on any atom is 0.499 e. The van der Waals surface area contributed by atoms with Crippen molar-refractivity contribution in [1.29, 1.82) is 0 Å². The summed E-state index contributed by atoms with van der Waals surface area (Å²) >= 11 is 6.50. The van der Waals surface area contributed by atoms with Crippen LogP contribution >= 0.6 is 38.6 Å². The van der Waals surface area contributed by atoms with E-state index < -0.39 is 7.12 Å². The van der Waals surface area contributed by atoms with Crippen LogP contribution in [0.25, 0.3) is 10.4 Å². The van der Waals surface area contributed by atoms with E-state index in [0.717, 1.165) is 16.8 Å². The molecule has 2 aromatic heterocycles. The second-order valence-electron chi connectivity index (χ2n) is 6.75. The van der Waals surface area contributed by atoms with Gasteiger partial charge < -0.3 is 19.5 Å². The number of halogens is 1. The third-order valence-electron chi connectivity index (χ3n) is 4.41. The molecule has 0 aliphatic heterocycles. The van der Waals surface area contributed by atoms with Gasteiger partial charge in [-0.3, -0.25) is 0 Å². The van der Waals surface area contributed by atoms with Crippen LogP contribution in [0.4, 0.5) is 0 Å². The Kier molecular flexibility index (Phi) is 12.5. The van der Waals surface area contributed by atoms with Gasteiger partial charge in [0.15, 0.2) is 0 Å². The van der Waals surface area contributed by atoms with Gasteiger partial charge in [0.2, 0.25) is 0 Å². The van der Waals surface area contributed by atoms with E-state index in [1.54, 1.807) is 36.0 Å². The second kappa shape index (κ2) is 15.1. The van der Waals surface area contributed by atoms with E-state index in [9.17, 15) is 0 Å². The third-order valence-corrected chi connectivity index (χ3v) is 6.73. The molecule has 4 nitrogen and oxygen atoms in total. The van der Waals surface area contributed by atoms with Crippen LogP contribution in [0.5, 0.6) is 5.75 Å². The van der Waals surface area contributed by atoms with Crippen LogP contribution in [-0.4, -0.2) is 30.9 Å². The average molecular weight is 547 g/mol. The zero-order valence-electron chi connectivity index (χ0n) is 18.9. The smallest absolute Gasteiger partial charge is 0.497 e. The topological polar surface area (TPSA) is 58.9 Å². The Labute approximate surface area is 212 Å². The molecule has 174 valence electrons. The molecule has 0 saturated heterocycles. The minimum absolute atomic E-state index is 0.187. The highest BCUT2D eigenvalue weighted by Crippen LogP contribution is 2.27. The lowest BCUT2D eigenvalue weighted by Crippen LogP contribution is -2.26. The van der Waals surface area contributed by atoms with Crippen LogP contribution in [0.15, 0.2) is 88.0 Å². The molecule has 2 N–H and O–H groups in total. The maximum absolute atomic E-state index is 8.48. The molecule has 2 heterocycles. The van der Waals surface area contributed by atoms with Crippen molar-refractivity contribution in [2.75, 3.05) is 13.7 Å². The van der Waals surface area contributed by atoms with Gasteiger partial charge in [-0.25, -0.2) is 0 Å². The van der Waals surface area contributed by atoms with E-state index in [1.165, 1.54) is 27.3 Å². The van der Waals surface area contributed by atoms with Gasteiger partial charge in [-0.2, -0.15) is 11.3 Å².